The quantitative estimate of drug-likeness (QED) is 0.715. The molecule has 0 bridgehead atoms. The molecule has 3 fully saturated rings. The van der Waals surface area contributed by atoms with Crippen molar-refractivity contribution >= 4 is 6.09 Å². The molecule has 1 aliphatic carbocycles. The van der Waals surface area contributed by atoms with Crippen molar-refractivity contribution in [3.05, 3.63) is 0 Å². The highest BCUT2D eigenvalue weighted by atomic mass is 16.6. The summed E-state index contributed by atoms with van der Waals surface area (Å²) < 4.78 is 5.42. The third-order valence-corrected chi connectivity index (χ3v) is 4.36. The van der Waals surface area contributed by atoms with Crippen molar-refractivity contribution in [2.75, 3.05) is 26.2 Å². The number of nitrogens with zero attached hydrogens (tertiary/aromatic N) is 2. The summed E-state index contributed by atoms with van der Waals surface area (Å²) in [6, 6.07) is 0.770. The van der Waals surface area contributed by atoms with Crippen LogP contribution >= 0.6 is 0 Å². The Kier molecular flexibility index (Phi) is 2.81. The standard InChI is InChI=1S/C14H24N2O2/c1-14(2,3)18-13(17)16-8-10-11(9-16)12(10)15-6-4-5-7-15/h10-12H,4-9H2,1-3H3. The van der Waals surface area contributed by atoms with E-state index in [4.69, 9.17) is 4.74 Å². The van der Waals surface area contributed by atoms with Gasteiger partial charge in [0.2, 0.25) is 0 Å². The fourth-order valence-electron chi connectivity index (χ4n) is 3.55. The highest BCUT2D eigenvalue weighted by Gasteiger charge is 2.59. The minimum atomic E-state index is -0.377. The molecule has 0 aromatic rings. The molecular formula is C14H24N2O2. The largest absolute Gasteiger partial charge is 0.444 e. The zero-order chi connectivity index (χ0) is 12.9. The molecule has 1 amide bonds. The number of carbonyl (C=O) groups is 1. The van der Waals surface area contributed by atoms with Gasteiger partial charge >= 0.3 is 6.09 Å². The van der Waals surface area contributed by atoms with Crippen LogP contribution in [0.4, 0.5) is 4.79 Å². The average molecular weight is 252 g/mol. The molecule has 2 saturated heterocycles. The Balaban J connectivity index is 1.50. The number of amides is 1. The van der Waals surface area contributed by atoms with Crippen molar-refractivity contribution in [2.45, 2.75) is 45.3 Å². The first-order valence-corrected chi connectivity index (χ1v) is 7.18. The van der Waals surface area contributed by atoms with Gasteiger partial charge in [-0.05, 0) is 58.5 Å². The van der Waals surface area contributed by atoms with Gasteiger partial charge in [0, 0.05) is 19.1 Å². The Morgan fingerprint density at radius 3 is 2.17 bits per heavy atom. The Hall–Kier alpha value is -0.770. The van der Waals surface area contributed by atoms with Crippen LogP contribution < -0.4 is 0 Å². The van der Waals surface area contributed by atoms with E-state index >= 15 is 0 Å². The molecule has 2 aliphatic heterocycles. The Morgan fingerprint density at radius 1 is 1.11 bits per heavy atom. The van der Waals surface area contributed by atoms with E-state index in [-0.39, 0.29) is 11.7 Å². The lowest BCUT2D eigenvalue weighted by Gasteiger charge is -2.27. The number of ether oxygens (including phenoxy) is 1. The molecule has 18 heavy (non-hydrogen) atoms. The third kappa shape index (κ3) is 2.22. The molecule has 1 saturated carbocycles. The van der Waals surface area contributed by atoms with Crippen LogP contribution in [0.25, 0.3) is 0 Å². The van der Waals surface area contributed by atoms with E-state index in [2.05, 4.69) is 4.90 Å². The van der Waals surface area contributed by atoms with E-state index in [0.717, 1.165) is 31.0 Å². The molecular weight excluding hydrogens is 228 g/mol. The predicted octanol–water partition coefficient (Wildman–Crippen LogP) is 1.95. The van der Waals surface area contributed by atoms with Gasteiger partial charge in [0.15, 0.2) is 0 Å². The lowest BCUT2D eigenvalue weighted by Crippen LogP contribution is -2.39. The Morgan fingerprint density at radius 2 is 1.67 bits per heavy atom. The summed E-state index contributed by atoms with van der Waals surface area (Å²) in [6.45, 7) is 10.1. The molecule has 4 heteroatoms. The minimum Gasteiger partial charge on any atom is -0.444 e. The summed E-state index contributed by atoms with van der Waals surface area (Å²) in [4.78, 5) is 16.5. The second-order valence-corrected chi connectivity index (χ2v) is 6.95. The van der Waals surface area contributed by atoms with Crippen LogP contribution in [-0.2, 0) is 4.74 Å². The van der Waals surface area contributed by atoms with Crippen LogP contribution in [0.5, 0.6) is 0 Å². The van der Waals surface area contributed by atoms with Gasteiger partial charge < -0.3 is 9.64 Å². The van der Waals surface area contributed by atoms with E-state index in [9.17, 15) is 4.79 Å². The predicted molar refractivity (Wildman–Crippen MR) is 69.4 cm³/mol. The van der Waals surface area contributed by atoms with E-state index in [1.54, 1.807) is 0 Å². The van der Waals surface area contributed by atoms with Gasteiger partial charge in [-0.25, -0.2) is 4.79 Å². The topological polar surface area (TPSA) is 32.8 Å². The van der Waals surface area contributed by atoms with E-state index in [1.807, 2.05) is 25.7 Å². The van der Waals surface area contributed by atoms with Crippen molar-refractivity contribution < 1.29 is 9.53 Å². The van der Waals surface area contributed by atoms with Gasteiger partial charge in [0.05, 0.1) is 0 Å². The maximum Gasteiger partial charge on any atom is 0.410 e. The van der Waals surface area contributed by atoms with Crippen molar-refractivity contribution in [1.82, 2.24) is 9.80 Å². The number of carbonyl (C=O) groups excluding carboxylic acids is 1. The second-order valence-electron chi connectivity index (χ2n) is 6.95. The molecule has 102 valence electrons. The molecule has 0 aromatic heterocycles. The Bertz CT molecular complexity index is 332. The van der Waals surface area contributed by atoms with E-state index in [0.29, 0.717) is 0 Å². The molecule has 0 N–H and O–H groups in total. The van der Waals surface area contributed by atoms with Crippen molar-refractivity contribution in [1.29, 1.82) is 0 Å². The van der Waals surface area contributed by atoms with Crippen molar-refractivity contribution in [3.8, 4) is 0 Å². The lowest BCUT2D eigenvalue weighted by atomic mass is 10.2. The van der Waals surface area contributed by atoms with Crippen LogP contribution in [0, 0.1) is 11.8 Å². The zero-order valence-electron chi connectivity index (χ0n) is 11.7. The second kappa shape index (κ2) is 4.12. The van der Waals surface area contributed by atoms with Gasteiger partial charge in [-0.1, -0.05) is 0 Å². The molecule has 4 nitrogen and oxygen atoms in total. The van der Waals surface area contributed by atoms with E-state index in [1.165, 1.54) is 25.9 Å². The number of fused-ring (bicyclic) bond motifs is 1. The zero-order valence-corrected chi connectivity index (χ0v) is 11.7. The molecule has 2 heterocycles. The Labute approximate surface area is 109 Å². The highest BCUT2D eigenvalue weighted by Crippen LogP contribution is 2.49. The maximum absolute atomic E-state index is 11.9. The summed E-state index contributed by atoms with van der Waals surface area (Å²) in [5.74, 6) is 1.44. The summed E-state index contributed by atoms with van der Waals surface area (Å²) in [5.41, 5.74) is -0.377. The number of hydrogen-bond acceptors (Lipinski definition) is 3. The molecule has 2 atom stereocenters. The molecule has 0 radical (unpaired) electrons. The summed E-state index contributed by atoms with van der Waals surface area (Å²) in [5, 5.41) is 0. The van der Waals surface area contributed by atoms with Crippen LogP contribution in [0.1, 0.15) is 33.6 Å². The van der Waals surface area contributed by atoms with Gasteiger partial charge in [0.1, 0.15) is 5.60 Å². The summed E-state index contributed by atoms with van der Waals surface area (Å²) in [7, 11) is 0. The highest BCUT2D eigenvalue weighted by molar-refractivity contribution is 5.69. The maximum atomic E-state index is 11.9. The van der Waals surface area contributed by atoms with Gasteiger partial charge in [-0.3, -0.25) is 4.90 Å². The first kappa shape index (κ1) is 12.3. The fraction of sp³-hybridized carbons (Fsp3) is 0.929. The van der Waals surface area contributed by atoms with Crippen LogP contribution in [0.2, 0.25) is 0 Å². The van der Waals surface area contributed by atoms with Gasteiger partial charge in [0.25, 0.3) is 0 Å². The number of piperidine rings is 1. The molecule has 3 aliphatic rings. The van der Waals surface area contributed by atoms with Crippen LogP contribution in [0.3, 0.4) is 0 Å². The number of rotatable bonds is 1. The molecule has 3 rings (SSSR count). The van der Waals surface area contributed by atoms with E-state index < -0.39 is 0 Å². The normalized spacial score (nSPS) is 35.7. The lowest BCUT2D eigenvalue weighted by molar-refractivity contribution is 0.0259. The molecule has 0 aromatic carbocycles. The minimum absolute atomic E-state index is 0.130. The van der Waals surface area contributed by atoms with Crippen molar-refractivity contribution in [3.63, 3.8) is 0 Å². The summed E-state index contributed by atoms with van der Waals surface area (Å²) >= 11 is 0. The first-order valence-electron chi connectivity index (χ1n) is 7.18. The summed E-state index contributed by atoms with van der Waals surface area (Å²) in [6.07, 6.45) is 2.58. The number of likely N-dealkylation sites (tertiary alicyclic amines) is 2. The molecule has 0 spiro atoms. The van der Waals surface area contributed by atoms with Gasteiger partial charge in [-0.2, -0.15) is 0 Å². The molecule has 2 unspecified atom stereocenters. The van der Waals surface area contributed by atoms with Crippen LogP contribution in [-0.4, -0.2) is 53.7 Å². The van der Waals surface area contributed by atoms with Crippen molar-refractivity contribution in [2.24, 2.45) is 11.8 Å². The van der Waals surface area contributed by atoms with Gasteiger partial charge in [-0.15, -0.1) is 0 Å². The number of hydrogen-bond donors (Lipinski definition) is 0. The SMILES string of the molecule is CC(C)(C)OC(=O)N1CC2C(C1)C2N1CCCC1. The average Bonchev–Trinajstić information content (AvgIpc) is 2.76. The smallest absolute Gasteiger partial charge is 0.410 e. The monoisotopic (exact) mass is 252 g/mol. The third-order valence-electron chi connectivity index (χ3n) is 4.36. The fourth-order valence-corrected chi connectivity index (χ4v) is 3.55. The first-order chi connectivity index (χ1) is 8.46. The van der Waals surface area contributed by atoms with Crippen LogP contribution in [0.15, 0.2) is 0 Å².